The quantitative estimate of drug-likeness (QED) is 0.178. The first-order chi connectivity index (χ1) is 26.7. The maximum absolute atomic E-state index is 8.79. The van der Waals surface area contributed by atoms with Crippen LogP contribution in [-0.4, -0.2) is 184 Å². The molecule has 0 saturated carbocycles. The van der Waals surface area contributed by atoms with Crippen LogP contribution < -0.4 is 0 Å². The molecule has 4 aliphatic heterocycles. The number of aliphatic hydroxyl groups is 2. The summed E-state index contributed by atoms with van der Waals surface area (Å²) in [6.07, 6.45) is 0. The predicted molar refractivity (Wildman–Crippen MR) is 233 cm³/mol. The van der Waals surface area contributed by atoms with Gasteiger partial charge in [0.05, 0.1) is 51.0 Å². The van der Waals surface area contributed by atoms with Gasteiger partial charge < -0.3 is 29.5 Å². The molecule has 0 aliphatic carbocycles. The molecule has 4 aromatic carbocycles. The van der Waals surface area contributed by atoms with E-state index in [4.69, 9.17) is 29.7 Å². The number of amidine groups is 2. The molecule has 0 radical (unpaired) electrons. The zero-order chi connectivity index (χ0) is 37.0. The summed E-state index contributed by atoms with van der Waals surface area (Å²) in [5, 5.41) is 17.6. The Balaban J connectivity index is 0.000000207. The van der Waals surface area contributed by atoms with Crippen LogP contribution in [0.15, 0.2) is 127 Å². The van der Waals surface area contributed by atoms with E-state index in [1.165, 1.54) is 30.7 Å². The zero-order valence-electron chi connectivity index (χ0n) is 30.8. The van der Waals surface area contributed by atoms with E-state index < -0.39 is 0 Å². The molecule has 0 bridgehead atoms. The number of aliphatic hydroxyl groups excluding tert-OH is 2. The Morgan fingerprint density at radius 3 is 1.21 bits per heavy atom. The number of nitrogens with zero attached hydrogens (tertiary/aromatic N) is 6. The number of aliphatic imine (C=N–C) groups is 2. The number of fused-ring (bicyclic) bond motifs is 4. The van der Waals surface area contributed by atoms with E-state index in [0.29, 0.717) is 26.4 Å². The van der Waals surface area contributed by atoms with E-state index in [9.17, 15) is 0 Å². The number of benzene rings is 4. The second-order valence-corrected chi connectivity index (χ2v) is 15.5. The van der Waals surface area contributed by atoms with Crippen molar-refractivity contribution in [2.75, 3.05) is 105 Å². The first-order valence-electron chi connectivity index (χ1n) is 18.9. The van der Waals surface area contributed by atoms with E-state index in [1.807, 2.05) is 0 Å². The van der Waals surface area contributed by atoms with Crippen molar-refractivity contribution < 1.29 is 19.7 Å². The van der Waals surface area contributed by atoms with E-state index in [1.54, 1.807) is 23.5 Å². The molecule has 2 N–H and O–H groups in total. The molecule has 0 amide bonds. The Labute approximate surface area is 364 Å². The SMILES string of the molecule is OCCOCCN1CCN(C2=Nc3ccccc3Sc3ccccc32)CC1.OCCOCCN1CCN(C2=Nc3ccccc3Sc3ccccc32)CC1.[LiH].[LiH]. The number of piperazine rings is 2. The Morgan fingerprint density at radius 2 is 0.821 bits per heavy atom. The van der Waals surface area contributed by atoms with Crippen LogP contribution in [0.5, 0.6) is 0 Å². The van der Waals surface area contributed by atoms with Crippen LogP contribution in [0.3, 0.4) is 0 Å². The van der Waals surface area contributed by atoms with Gasteiger partial charge >= 0.3 is 37.7 Å². The molecule has 288 valence electrons. The molecule has 4 aliphatic rings. The summed E-state index contributed by atoms with van der Waals surface area (Å²) in [5.41, 5.74) is 4.54. The third-order valence-electron chi connectivity index (χ3n) is 9.80. The third-order valence-corrected chi connectivity index (χ3v) is 12.1. The van der Waals surface area contributed by atoms with Gasteiger partial charge in [0.25, 0.3) is 0 Å². The van der Waals surface area contributed by atoms with E-state index in [0.717, 1.165) is 88.5 Å². The van der Waals surface area contributed by atoms with Gasteiger partial charge in [-0.1, -0.05) is 84.2 Å². The van der Waals surface area contributed by atoms with Gasteiger partial charge in [-0.2, -0.15) is 0 Å². The summed E-state index contributed by atoms with van der Waals surface area (Å²) in [4.78, 5) is 24.7. The van der Waals surface area contributed by atoms with Gasteiger partial charge in [0.1, 0.15) is 11.7 Å². The molecular formula is C42H52Li2N6O4S2. The number of hydrogen-bond acceptors (Lipinski definition) is 12. The molecule has 56 heavy (non-hydrogen) atoms. The minimum absolute atomic E-state index is 0. The average Bonchev–Trinajstić information content (AvgIpc) is 3.50. The number of hydrogen-bond donors (Lipinski definition) is 2. The summed E-state index contributed by atoms with van der Waals surface area (Å²) >= 11 is 3.60. The van der Waals surface area contributed by atoms with Crippen molar-refractivity contribution in [2.45, 2.75) is 19.6 Å². The summed E-state index contributed by atoms with van der Waals surface area (Å²) in [6.45, 7) is 12.0. The van der Waals surface area contributed by atoms with Crippen molar-refractivity contribution in [3.63, 3.8) is 0 Å². The number of rotatable bonds is 10. The van der Waals surface area contributed by atoms with Gasteiger partial charge in [0.2, 0.25) is 0 Å². The Morgan fingerprint density at radius 1 is 0.464 bits per heavy atom. The van der Waals surface area contributed by atoms with Crippen molar-refractivity contribution in [1.29, 1.82) is 0 Å². The third kappa shape index (κ3) is 11.8. The van der Waals surface area contributed by atoms with Crippen LogP contribution in [0.2, 0.25) is 0 Å². The van der Waals surface area contributed by atoms with E-state index in [-0.39, 0.29) is 50.9 Å². The molecule has 0 atom stereocenters. The van der Waals surface area contributed by atoms with Crippen molar-refractivity contribution in [3.8, 4) is 0 Å². The fourth-order valence-electron chi connectivity index (χ4n) is 6.91. The van der Waals surface area contributed by atoms with Gasteiger partial charge in [-0.05, 0) is 36.4 Å². The first-order valence-corrected chi connectivity index (χ1v) is 20.5. The van der Waals surface area contributed by atoms with Crippen LogP contribution in [-0.2, 0) is 9.47 Å². The van der Waals surface area contributed by atoms with Crippen molar-refractivity contribution in [1.82, 2.24) is 19.6 Å². The zero-order valence-corrected chi connectivity index (χ0v) is 32.4. The van der Waals surface area contributed by atoms with Gasteiger partial charge in [0.15, 0.2) is 0 Å². The Bertz CT molecular complexity index is 1750. The van der Waals surface area contributed by atoms with Crippen LogP contribution in [0.4, 0.5) is 11.4 Å². The summed E-state index contributed by atoms with van der Waals surface area (Å²) < 4.78 is 10.8. The summed E-state index contributed by atoms with van der Waals surface area (Å²) in [7, 11) is 0. The van der Waals surface area contributed by atoms with Crippen molar-refractivity contribution in [2.24, 2.45) is 9.98 Å². The predicted octanol–water partition coefficient (Wildman–Crippen LogP) is 4.42. The maximum atomic E-state index is 8.79. The van der Waals surface area contributed by atoms with E-state index >= 15 is 0 Å². The second-order valence-electron chi connectivity index (χ2n) is 13.3. The van der Waals surface area contributed by atoms with Gasteiger partial charge in [-0.25, -0.2) is 9.98 Å². The molecule has 2 saturated heterocycles. The number of ether oxygens (including phenoxy) is 2. The fourth-order valence-corrected chi connectivity index (χ4v) is 8.94. The van der Waals surface area contributed by atoms with Crippen LogP contribution in [0, 0.1) is 0 Å². The summed E-state index contributed by atoms with van der Waals surface area (Å²) in [6, 6.07) is 33.9. The average molecular weight is 783 g/mol. The molecule has 4 aromatic rings. The molecule has 4 heterocycles. The number of para-hydroxylation sites is 2. The molecule has 8 rings (SSSR count). The molecule has 10 nitrogen and oxygen atoms in total. The van der Waals surface area contributed by atoms with Gasteiger partial charge in [-0.15, -0.1) is 0 Å². The Kier molecular flexibility index (Phi) is 18.4. The van der Waals surface area contributed by atoms with Gasteiger partial charge in [-0.3, -0.25) is 9.80 Å². The van der Waals surface area contributed by atoms with Crippen molar-refractivity contribution >= 4 is 84.3 Å². The first kappa shape index (κ1) is 44.6. The monoisotopic (exact) mass is 782 g/mol. The molecule has 14 heteroatoms. The standard InChI is InChI=1S/2C21H25N3O2S.2Li.2H/c2*25-14-16-26-15-13-23-9-11-24(12-10-23)21-17-5-1-3-7-19(17)27-20-8-4-2-6-18(20)22-21;;;;/h2*1-8,25H,9-16H2;;;;. The molecular weight excluding hydrogens is 731 g/mol. The second kappa shape index (κ2) is 23.2. The van der Waals surface area contributed by atoms with Crippen LogP contribution >= 0.6 is 23.5 Å². The topological polar surface area (TPSA) is 96.6 Å². The van der Waals surface area contributed by atoms with Crippen molar-refractivity contribution in [3.05, 3.63) is 108 Å². The Hall–Kier alpha value is -2.53. The van der Waals surface area contributed by atoms with Gasteiger partial charge in [0, 0.05) is 96.2 Å². The summed E-state index contributed by atoms with van der Waals surface area (Å²) in [5.74, 6) is 2.17. The van der Waals surface area contributed by atoms with Crippen LogP contribution in [0.25, 0.3) is 0 Å². The fraction of sp³-hybridized carbons (Fsp3) is 0.381. The minimum atomic E-state index is 0. The molecule has 0 spiro atoms. The normalized spacial score (nSPS) is 16.5. The molecule has 0 aromatic heterocycles. The molecule has 2 fully saturated rings. The van der Waals surface area contributed by atoms with Crippen LogP contribution in [0.1, 0.15) is 11.1 Å². The molecule has 0 unspecified atom stereocenters. The van der Waals surface area contributed by atoms with E-state index in [2.05, 4.69) is 117 Å².